The number of unbranched alkanes of at least 4 members (excludes halogenated alkanes) is 2. The van der Waals surface area contributed by atoms with Crippen LogP contribution in [0.5, 0.6) is 0 Å². The number of benzene rings is 1. The molecule has 30 heavy (non-hydrogen) atoms. The van der Waals surface area contributed by atoms with Gasteiger partial charge in [-0.2, -0.15) is 22.4 Å². The summed E-state index contributed by atoms with van der Waals surface area (Å²) in [6.45, 7) is 21.1. The molecule has 0 fully saturated rings. The third-order valence-electron chi connectivity index (χ3n) is 6.45. The zero-order valence-corrected chi connectivity index (χ0v) is 25.6. The monoisotopic (exact) mass is 520 g/mol. The summed E-state index contributed by atoms with van der Waals surface area (Å²) < 4.78 is 0. The maximum atomic E-state index is 2.47. The van der Waals surface area contributed by atoms with Gasteiger partial charge in [0.05, 0.1) is 0 Å². The molecule has 0 saturated carbocycles. The molecule has 0 heterocycles. The van der Waals surface area contributed by atoms with Crippen molar-refractivity contribution in [1.29, 1.82) is 0 Å². The van der Waals surface area contributed by atoms with Gasteiger partial charge in [-0.15, -0.1) is 0 Å². The minimum absolute atomic E-state index is 0. The minimum atomic E-state index is -0.467. The van der Waals surface area contributed by atoms with Gasteiger partial charge >= 0.3 is 21.7 Å². The van der Waals surface area contributed by atoms with Crippen molar-refractivity contribution in [3.63, 3.8) is 0 Å². The van der Waals surface area contributed by atoms with Crippen molar-refractivity contribution >= 4 is 19.9 Å². The van der Waals surface area contributed by atoms with Crippen LogP contribution in [0.4, 0.5) is 0 Å². The first-order valence-electron chi connectivity index (χ1n) is 10.4. The molecule has 2 rings (SSSR count). The van der Waals surface area contributed by atoms with Gasteiger partial charge < -0.3 is 37.2 Å². The predicted molar refractivity (Wildman–Crippen MR) is 122 cm³/mol. The Labute approximate surface area is 222 Å². The molecule has 0 amide bonds. The summed E-state index contributed by atoms with van der Waals surface area (Å²) in [5, 5.41) is 3.36. The van der Waals surface area contributed by atoms with E-state index in [-0.39, 0.29) is 64.4 Å². The largest absolute Gasteiger partial charge is 4.00 e. The van der Waals surface area contributed by atoms with Gasteiger partial charge in [-0.1, -0.05) is 58.6 Å². The molecule has 0 atom stereocenters. The molecule has 5 heteroatoms. The molecule has 0 nitrogen and oxygen atoms in total. The fourth-order valence-electron chi connectivity index (χ4n) is 4.49. The molecular formula is C25H39Cl3SiTi. The Morgan fingerprint density at radius 2 is 1.27 bits per heavy atom. The third kappa shape index (κ3) is 7.75. The molecule has 0 aliphatic carbocycles. The van der Waals surface area contributed by atoms with Crippen LogP contribution in [-0.4, -0.2) is 9.52 Å². The summed E-state index contributed by atoms with van der Waals surface area (Å²) in [5.41, 5.74) is 11.1. The van der Waals surface area contributed by atoms with E-state index in [1.165, 1.54) is 42.4 Å². The van der Waals surface area contributed by atoms with Crippen LogP contribution in [0.1, 0.15) is 85.9 Å². The van der Waals surface area contributed by atoms with Gasteiger partial charge in [-0.25, -0.2) is 6.07 Å². The summed E-state index contributed by atoms with van der Waals surface area (Å²) in [6, 6.07) is 4.91. The van der Waals surface area contributed by atoms with Crippen LogP contribution in [0, 0.1) is 34.6 Å². The number of halogens is 3. The van der Waals surface area contributed by atoms with Crippen molar-refractivity contribution in [2.24, 2.45) is 0 Å². The fourth-order valence-corrected chi connectivity index (χ4v) is 7.10. The van der Waals surface area contributed by atoms with Gasteiger partial charge in [0.15, 0.2) is 0 Å². The average Bonchev–Trinajstić information content (AvgIpc) is 2.98. The quantitative estimate of drug-likeness (QED) is 0.207. The van der Waals surface area contributed by atoms with Gasteiger partial charge in [0.25, 0.3) is 0 Å². The second kappa shape index (κ2) is 14.5. The molecule has 0 radical (unpaired) electrons. The summed E-state index contributed by atoms with van der Waals surface area (Å²) in [5.74, 6) is 0. The fraction of sp³-hybridized carbons (Fsp3) is 0.560. The molecule has 0 aliphatic rings. The van der Waals surface area contributed by atoms with E-state index in [0.717, 1.165) is 0 Å². The van der Waals surface area contributed by atoms with Crippen molar-refractivity contribution in [2.45, 2.75) is 93.4 Å². The summed E-state index contributed by atoms with van der Waals surface area (Å²) in [6.07, 6.45) is 5.22. The topological polar surface area (TPSA) is 0 Å². The Hall–Kier alpha value is 0.371. The van der Waals surface area contributed by atoms with Gasteiger partial charge in [-0.3, -0.25) is 0 Å². The maximum Gasteiger partial charge on any atom is 4.00 e. The van der Waals surface area contributed by atoms with Crippen LogP contribution in [-0.2, 0) is 33.6 Å². The Morgan fingerprint density at radius 1 is 0.800 bits per heavy atom. The van der Waals surface area contributed by atoms with Crippen LogP contribution in [0.15, 0.2) is 12.1 Å². The Morgan fingerprint density at radius 3 is 1.70 bits per heavy atom. The molecule has 0 saturated heterocycles. The average molecular weight is 522 g/mol. The Bertz CT molecular complexity index is 760. The van der Waals surface area contributed by atoms with Crippen LogP contribution >= 0.6 is 0 Å². The van der Waals surface area contributed by atoms with E-state index in [4.69, 9.17) is 0 Å². The molecular weight excluding hydrogens is 483 g/mol. The normalized spacial score (nSPS) is 10.8. The molecule has 0 N–H and O–H groups in total. The number of hydrogen-bond donors (Lipinski definition) is 0. The van der Waals surface area contributed by atoms with Crippen molar-refractivity contribution in [2.75, 3.05) is 0 Å². The second-order valence-electron chi connectivity index (χ2n) is 9.25. The summed E-state index contributed by atoms with van der Waals surface area (Å²) in [4.78, 5) is 0. The Balaban J connectivity index is -0.00000182. The first-order valence-corrected chi connectivity index (χ1v) is 11.8. The third-order valence-corrected chi connectivity index (χ3v) is 8.83. The summed E-state index contributed by atoms with van der Waals surface area (Å²) >= 11 is 0. The standard InChI is InChI=1S/C25H39Si.3ClH.Ti/c1-10-11-12-13-21-14-15-22(23(21)25(7,8)9)26-24-19(5)17(3)16(2)18(4)20(24)6;;;;/h14-15H,10-13,26H2,1-9H3;3*1H;/q-1;;;;+4/p-3. The van der Waals surface area contributed by atoms with Crippen molar-refractivity contribution in [3.8, 4) is 0 Å². The van der Waals surface area contributed by atoms with Crippen LogP contribution in [0.25, 0.3) is 0 Å². The van der Waals surface area contributed by atoms with E-state index in [1.807, 2.05) is 0 Å². The second-order valence-corrected chi connectivity index (χ2v) is 11.1. The molecule has 2 aromatic carbocycles. The first-order chi connectivity index (χ1) is 12.1. The molecule has 0 spiro atoms. The minimum Gasteiger partial charge on any atom is -1.00 e. The molecule has 168 valence electrons. The maximum absolute atomic E-state index is 2.47. The zero-order valence-electron chi connectivity index (χ0n) is 20.3. The number of hydrogen-bond acceptors (Lipinski definition) is 0. The molecule has 0 aromatic heterocycles. The van der Waals surface area contributed by atoms with E-state index in [1.54, 1.807) is 32.6 Å². The van der Waals surface area contributed by atoms with Gasteiger partial charge in [0.2, 0.25) is 0 Å². The van der Waals surface area contributed by atoms with Crippen LogP contribution in [0.2, 0.25) is 0 Å². The predicted octanol–water partition coefficient (Wildman–Crippen LogP) is -3.89. The van der Waals surface area contributed by atoms with Crippen molar-refractivity contribution < 1.29 is 58.9 Å². The molecule has 0 aliphatic heterocycles. The molecule has 2 aromatic rings. The van der Waals surface area contributed by atoms with Crippen molar-refractivity contribution in [3.05, 3.63) is 51.1 Å². The Kier molecular flexibility index (Phi) is 16.9. The van der Waals surface area contributed by atoms with E-state index in [2.05, 4.69) is 74.4 Å². The smallest absolute Gasteiger partial charge is 1.00 e. The van der Waals surface area contributed by atoms with Gasteiger partial charge in [0, 0.05) is 9.52 Å². The van der Waals surface area contributed by atoms with E-state index in [0.29, 0.717) is 0 Å². The first kappa shape index (κ1) is 35.0. The van der Waals surface area contributed by atoms with Crippen molar-refractivity contribution in [1.82, 2.24) is 0 Å². The van der Waals surface area contributed by atoms with Crippen LogP contribution < -0.4 is 47.6 Å². The number of aryl methyl sites for hydroxylation is 1. The van der Waals surface area contributed by atoms with E-state index < -0.39 is 9.52 Å². The zero-order chi connectivity index (χ0) is 19.6. The SMILES string of the molecule is CCCCC[c-]1ccc([SiH2]c2c(C)c(C)c(C)c(C)c2C)c1C(C)(C)C.[Cl-].[Cl-].[Cl-].[Ti+4]. The van der Waals surface area contributed by atoms with E-state index in [9.17, 15) is 0 Å². The van der Waals surface area contributed by atoms with Gasteiger partial charge in [0.1, 0.15) is 0 Å². The molecule has 0 bridgehead atoms. The van der Waals surface area contributed by atoms with Crippen LogP contribution in [0.3, 0.4) is 0 Å². The summed E-state index contributed by atoms with van der Waals surface area (Å²) in [7, 11) is -0.467. The number of rotatable bonds is 6. The van der Waals surface area contributed by atoms with E-state index >= 15 is 0 Å². The van der Waals surface area contributed by atoms with Gasteiger partial charge in [-0.05, 0) is 67.9 Å². The molecule has 0 unspecified atom stereocenters.